The third kappa shape index (κ3) is 3.86. The van der Waals surface area contributed by atoms with Crippen LogP contribution in [0.25, 0.3) is 0 Å². The predicted octanol–water partition coefficient (Wildman–Crippen LogP) is 3.20. The highest BCUT2D eigenvalue weighted by molar-refractivity contribution is 5.83. The van der Waals surface area contributed by atoms with Gasteiger partial charge in [0.2, 0.25) is 0 Å². The van der Waals surface area contributed by atoms with Crippen molar-refractivity contribution < 1.29 is 18.0 Å². The van der Waals surface area contributed by atoms with Crippen molar-refractivity contribution in [2.75, 3.05) is 37.6 Å². The molecule has 0 radical (unpaired) electrons. The number of hydrogen-bond donors (Lipinski definition) is 0. The van der Waals surface area contributed by atoms with Crippen molar-refractivity contribution in [1.29, 1.82) is 0 Å². The Balaban J connectivity index is 1.57. The van der Waals surface area contributed by atoms with Crippen molar-refractivity contribution in [3.8, 4) is 0 Å². The zero-order chi connectivity index (χ0) is 16.4. The molecule has 2 aliphatic rings. The zero-order valence-corrected chi connectivity index (χ0v) is 13.0. The molecule has 0 aromatic heterocycles. The van der Waals surface area contributed by atoms with Crippen LogP contribution < -0.4 is 4.90 Å². The Hall–Kier alpha value is -1.56. The van der Waals surface area contributed by atoms with Gasteiger partial charge in [-0.15, -0.1) is 0 Å². The number of rotatable bonds is 3. The summed E-state index contributed by atoms with van der Waals surface area (Å²) in [4.78, 5) is 16.0. The van der Waals surface area contributed by atoms with E-state index in [0.29, 0.717) is 31.0 Å². The Bertz CT molecular complexity index is 565. The second kappa shape index (κ2) is 6.51. The molecule has 1 heterocycles. The molecule has 1 aliphatic carbocycles. The van der Waals surface area contributed by atoms with E-state index in [0.717, 1.165) is 38.5 Å². The van der Waals surface area contributed by atoms with Crippen LogP contribution in [0, 0.1) is 5.92 Å². The Morgan fingerprint density at radius 2 is 1.87 bits per heavy atom. The van der Waals surface area contributed by atoms with Crippen molar-refractivity contribution >= 4 is 11.5 Å². The lowest BCUT2D eigenvalue weighted by Crippen LogP contribution is -2.48. The molecule has 1 saturated heterocycles. The molecule has 1 saturated carbocycles. The number of Topliss-reactive ketones (excluding diaryl/α,β-unsaturated/α-hetero) is 1. The van der Waals surface area contributed by atoms with Crippen molar-refractivity contribution in [2.24, 2.45) is 5.92 Å². The summed E-state index contributed by atoms with van der Waals surface area (Å²) in [7, 11) is 0. The Labute approximate surface area is 134 Å². The van der Waals surface area contributed by atoms with Gasteiger partial charge in [0.25, 0.3) is 0 Å². The summed E-state index contributed by atoms with van der Waals surface area (Å²) in [5.74, 6) is 0.528. The van der Waals surface area contributed by atoms with E-state index < -0.39 is 11.7 Å². The molecule has 0 amide bonds. The van der Waals surface area contributed by atoms with Gasteiger partial charge < -0.3 is 4.90 Å². The van der Waals surface area contributed by atoms with Crippen LogP contribution in [0.2, 0.25) is 0 Å². The fourth-order valence-electron chi connectivity index (χ4n) is 3.46. The van der Waals surface area contributed by atoms with Crippen LogP contribution in [0.4, 0.5) is 18.9 Å². The molecular formula is C17H21F3N2O. The predicted molar refractivity (Wildman–Crippen MR) is 82.4 cm³/mol. The molecule has 1 aromatic carbocycles. The summed E-state index contributed by atoms with van der Waals surface area (Å²) in [5.41, 5.74) is 0.0189. The number of piperazine rings is 1. The van der Waals surface area contributed by atoms with Crippen molar-refractivity contribution in [1.82, 2.24) is 4.90 Å². The highest BCUT2D eigenvalue weighted by atomic mass is 19.4. The lowest BCUT2D eigenvalue weighted by molar-refractivity contribution is -0.137. The second-order valence-corrected chi connectivity index (χ2v) is 6.39. The van der Waals surface area contributed by atoms with E-state index in [4.69, 9.17) is 0 Å². The Kier molecular flexibility index (Phi) is 4.62. The smallest absolute Gasteiger partial charge is 0.369 e. The summed E-state index contributed by atoms with van der Waals surface area (Å²) >= 11 is 0. The Morgan fingerprint density at radius 3 is 2.48 bits per heavy atom. The maximum atomic E-state index is 12.8. The van der Waals surface area contributed by atoms with E-state index >= 15 is 0 Å². The molecular weight excluding hydrogens is 305 g/mol. The average Bonchev–Trinajstić information content (AvgIpc) is 2.92. The fraction of sp³-hybridized carbons (Fsp3) is 0.588. The van der Waals surface area contributed by atoms with Gasteiger partial charge in [0.1, 0.15) is 5.78 Å². The van der Waals surface area contributed by atoms with Crippen LogP contribution in [0.15, 0.2) is 24.3 Å². The molecule has 3 nitrogen and oxygen atoms in total. The van der Waals surface area contributed by atoms with E-state index in [1.54, 1.807) is 6.07 Å². The van der Waals surface area contributed by atoms with Gasteiger partial charge in [-0.05, 0) is 31.0 Å². The number of ketones is 1. The number of carbonyl (C=O) groups is 1. The summed E-state index contributed by atoms with van der Waals surface area (Å²) in [6, 6.07) is 5.51. The van der Waals surface area contributed by atoms with Gasteiger partial charge in [0.15, 0.2) is 0 Å². The maximum Gasteiger partial charge on any atom is 0.416 e. The number of carbonyl (C=O) groups excluding carboxylic acids is 1. The third-order valence-electron chi connectivity index (χ3n) is 4.82. The number of benzene rings is 1. The standard InChI is InChI=1S/C17H21F3N2O/c18-17(19,20)14-4-2-5-15(11-14)22-9-7-21(8-10-22)12-13-3-1-6-16(13)23/h2,4-5,11,13H,1,3,6-10,12H2. The SMILES string of the molecule is O=C1CCCC1CN1CCN(c2cccc(C(F)(F)F)c2)CC1. The van der Waals surface area contributed by atoms with Crippen LogP contribution in [0.5, 0.6) is 0 Å². The second-order valence-electron chi connectivity index (χ2n) is 6.39. The number of halogens is 3. The molecule has 23 heavy (non-hydrogen) atoms. The molecule has 126 valence electrons. The van der Waals surface area contributed by atoms with Gasteiger partial charge in [-0.1, -0.05) is 6.07 Å². The maximum absolute atomic E-state index is 12.8. The van der Waals surface area contributed by atoms with Gasteiger partial charge in [-0.3, -0.25) is 9.69 Å². The molecule has 0 bridgehead atoms. The molecule has 1 aliphatic heterocycles. The molecule has 0 spiro atoms. The van der Waals surface area contributed by atoms with Crippen LogP contribution in [0.3, 0.4) is 0 Å². The molecule has 0 N–H and O–H groups in total. The summed E-state index contributed by atoms with van der Waals surface area (Å²) in [6.07, 6.45) is -1.63. The molecule has 3 rings (SSSR count). The van der Waals surface area contributed by atoms with Gasteiger partial charge in [-0.25, -0.2) is 0 Å². The number of anilines is 1. The van der Waals surface area contributed by atoms with Crippen molar-refractivity contribution in [3.63, 3.8) is 0 Å². The van der Waals surface area contributed by atoms with E-state index in [1.165, 1.54) is 12.1 Å². The summed E-state index contributed by atoms with van der Waals surface area (Å²) in [5, 5.41) is 0. The van der Waals surface area contributed by atoms with Crippen molar-refractivity contribution in [2.45, 2.75) is 25.4 Å². The normalized spacial score (nSPS) is 23.5. The first-order chi connectivity index (χ1) is 10.9. The lowest BCUT2D eigenvalue weighted by Gasteiger charge is -2.37. The van der Waals surface area contributed by atoms with Gasteiger partial charge >= 0.3 is 6.18 Å². The van der Waals surface area contributed by atoms with Gasteiger partial charge in [0.05, 0.1) is 5.56 Å². The largest absolute Gasteiger partial charge is 0.416 e. The minimum atomic E-state index is -4.30. The molecule has 6 heteroatoms. The van der Waals surface area contributed by atoms with Crippen LogP contribution >= 0.6 is 0 Å². The minimum absolute atomic E-state index is 0.162. The Morgan fingerprint density at radius 1 is 1.13 bits per heavy atom. The number of hydrogen-bond acceptors (Lipinski definition) is 3. The van der Waals surface area contributed by atoms with Gasteiger partial charge in [0, 0.05) is 50.7 Å². The van der Waals surface area contributed by atoms with Gasteiger partial charge in [-0.2, -0.15) is 13.2 Å². The third-order valence-corrected chi connectivity index (χ3v) is 4.82. The zero-order valence-electron chi connectivity index (χ0n) is 13.0. The first-order valence-electron chi connectivity index (χ1n) is 8.11. The topological polar surface area (TPSA) is 23.6 Å². The highest BCUT2D eigenvalue weighted by Crippen LogP contribution is 2.32. The van der Waals surface area contributed by atoms with Crippen LogP contribution in [-0.4, -0.2) is 43.4 Å². The first-order valence-corrected chi connectivity index (χ1v) is 8.11. The lowest BCUT2D eigenvalue weighted by atomic mass is 10.1. The molecule has 1 aromatic rings. The van der Waals surface area contributed by atoms with E-state index in [-0.39, 0.29) is 5.92 Å². The number of alkyl halides is 3. The quantitative estimate of drug-likeness (QED) is 0.852. The van der Waals surface area contributed by atoms with Crippen molar-refractivity contribution in [3.05, 3.63) is 29.8 Å². The molecule has 2 fully saturated rings. The minimum Gasteiger partial charge on any atom is -0.369 e. The first kappa shape index (κ1) is 16.3. The highest BCUT2D eigenvalue weighted by Gasteiger charge is 2.31. The summed E-state index contributed by atoms with van der Waals surface area (Å²) < 4.78 is 38.4. The molecule has 1 unspecified atom stereocenters. The van der Waals surface area contributed by atoms with E-state index in [2.05, 4.69) is 4.90 Å². The van der Waals surface area contributed by atoms with E-state index in [9.17, 15) is 18.0 Å². The molecule has 1 atom stereocenters. The average molecular weight is 326 g/mol. The fourth-order valence-corrected chi connectivity index (χ4v) is 3.46. The summed E-state index contributed by atoms with van der Waals surface area (Å²) in [6.45, 7) is 3.78. The van der Waals surface area contributed by atoms with Crippen LogP contribution in [-0.2, 0) is 11.0 Å². The monoisotopic (exact) mass is 326 g/mol. The van der Waals surface area contributed by atoms with E-state index in [1.807, 2.05) is 4.90 Å². The van der Waals surface area contributed by atoms with Crippen LogP contribution in [0.1, 0.15) is 24.8 Å². The number of nitrogens with zero attached hydrogens (tertiary/aromatic N) is 2.